The third-order valence-corrected chi connectivity index (χ3v) is 6.14. The number of hydrogen-bond acceptors (Lipinski definition) is 6. The van der Waals surface area contributed by atoms with Crippen LogP contribution in [-0.4, -0.2) is 63.9 Å². The molecule has 1 rings (SSSR count). The van der Waals surface area contributed by atoms with E-state index >= 15 is 0 Å². The molecule has 0 aliphatic heterocycles. The first-order valence-electron chi connectivity index (χ1n) is 5.86. The van der Waals surface area contributed by atoms with E-state index in [9.17, 15) is 16.8 Å². The van der Waals surface area contributed by atoms with Gasteiger partial charge in [0.15, 0.2) is 9.84 Å². The summed E-state index contributed by atoms with van der Waals surface area (Å²) in [5.41, 5.74) is 0. The summed E-state index contributed by atoms with van der Waals surface area (Å²) in [7, 11) is -7.71. The molecule has 0 aromatic heterocycles. The van der Waals surface area contributed by atoms with Gasteiger partial charge in [-0.1, -0.05) is 11.6 Å². The lowest BCUT2D eigenvalue weighted by molar-refractivity contribution is 0.217. The number of nitrogens with zero attached hydrogens (tertiary/aromatic N) is 1. The molecule has 0 heterocycles. The van der Waals surface area contributed by atoms with Crippen molar-refractivity contribution < 1.29 is 27.0 Å². The number of sulfone groups is 1. The highest BCUT2D eigenvalue weighted by atomic mass is 35.5. The zero-order valence-corrected chi connectivity index (χ0v) is 13.6. The Labute approximate surface area is 128 Å². The largest absolute Gasteiger partial charge is 0.395 e. The van der Waals surface area contributed by atoms with Gasteiger partial charge in [-0.3, -0.25) is 0 Å². The van der Waals surface area contributed by atoms with Crippen LogP contribution in [0, 0.1) is 0 Å². The molecule has 21 heavy (non-hydrogen) atoms. The molecule has 0 unspecified atom stereocenters. The van der Waals surface area contributed by atoms with Gasteiger partial charge in [0.1, 0.15) is 4.90 Å². The molecule has 120 valence electrons. The molecule has 0 amide bonds. The Bertz CT molecular complexity index is 695. The minimum Gasteiger partial charge on any atom is -0.395 e. The predicted molar refractivity (Wildman–Crippen MR) is 77.5 cm³/mol. The zero-order chi connectivity index (χ0) is 16.3. The Morgan fingerprint density at radius 2 is 1.62 bits per heavy atom. The van der Waals surface area contributed by atoms with Gasteiger partial charge in [0, 0.05) is 19.3 Å². The average molecular weight is 358 g/mol. The molecule has 1 aromatic carbocycles. The van der Waals surface area contributed by atoms with Crippen LogP contribution in [0.2, 0.25) is 5.02 Å². The molecule has 0 saturated heterocycles. The van der Waals surface area contributed by atoms with E-state index in [0.717, 1.165) is 16.6 Å². The van der Waals surface area contributed by atoms with Crippen LogP contribution in [0.4, 0.5) is 0 Å². The Kier molecular flexibility index (Phi) is 6.14. The molecule has 0 aliphatic carbocycles. The molecule has 0 saturated carbocycles. The van der Waals surface area contributed by atoms with Gasteiger partial charge in [0.05, 0.1) is 23.1 Å². The van der Waals surface area contributed by atoms with E-state index in [0.29, 0.717) is 0 Å². The number of sulfonamides is 1. The van der Waals surface area contributed by atoms with E-state index < -0.39 is 33.1 Å². The van der Waals surface area contributed by atoms with Crippen LogP contribution >= 0.6 is 11.6 Å². The topological polar surface area (TPSA) is 112 Å². The molecular formula is C11H16ClNO6S2. The maximum Gasteiger partial charge on any atom is 0.244 e. The molecule has 7 nitrogen and oxygen atoms in total. The molecular weight excluding hydrogens is 342 g/mol. The summed E-state index contributed by atoms with van der Waals surface area (Å²) in [6, 6.07) is 3.36. The monoisotopic (exact) mass is 357 g/mol. The minimum absolute atomic E-state index is 0.136. The van der Waals surface area contributed by atoms with Gasteiger partial charge in [0.2, 0.25) is 10.0 Å². The SMILES string of the molecule is CS(=O)(=O)c1ccc(Cl)c(S(=O)(=O)N(CCO)CCO)c1. The lowest BCUT2D eigenvalue weighted by Crippen LogP contribution is -2.36. The maximum absolute atomic E-state index is 12.4. The van der Waals surface area contributed by atoms with Crippen molar-refractivity contribution in [3.05, 3.63) is 23.2 Å². The lowest BCUT2D eigenvalue weighted by Gasteiger charge is -2.21. The van der Waals surface area contributed by atoms with Crippen LogP contribution in [0.3, 0.4) is 0 Å². The highest BCUT2D eigenvalue weighted by molar-refractivity contribution is 7.91. The van der Waals surface area contributed by atoms with Gasteiger partial charge >= 0.3 is 0 Å². The quantitative estimate of drug-likeness (QED) is 0.694. The molecule has 0 fully saturated rings. The van der Waals surface area contributed by atoms with Crippen molar-refractivity contribution >= 4 is 31.5 Å². The predicted octanol–water partition coefficient (Wildman–Crippen LogP) is -0.281. The average Bonchev–Trinajstić information content (AvgIpc) is 2.37. The van der Waals surface area contributed by atoms with Crippen molar-refractivity contribution in [1.29, 1.82) is 0 Å². The molecule has 0 bridgehead atoms. The highest BCUT2D eigenvalue weighted by Crippen LogP contribution is 2.27. The standard InChI is InChI=1S/C11H16ClNO6S2/c1-20(16,17)9-2-3-10(12)11(8-9)21(18,19)13(4-6-14)5-7-15/h2-3,8,14-15H,4-7H2,1H3. The fourth-order valence-corrected chi connectivity index (χ4v) is 4.27. The number of benzene rings is 1. The Morgan fingerprint density at radius 3 is 2.05 bits per heavy atom. The molecule has 0 spiro atoms. The van der Waals surface area contributed by atoms with Crippen LogP contribution in [0.25, 0.3) is 0 Å². The first-order chi connectivity index (χ1) is 9.64. The number of aliphatic hydroxyl groups is 2. The fraction of sp³-hybridized carbons (Fsp3) is 0.455. The number of rotatable bonds is 7. The summed E-state index contributed by atoms with van der Waals surface area (Å²) in [6.45, 7) is -1.35. The Morgan fingerprint density at radius 1 is 1.10 bits per heavy atom. The first kappa shape index (κ1) is 18.3. The third kappa shape index (κ3) is 4.38. The van der Waals surface area contributed by atoms with Gasteiger partial charge in [0.25, 0.3) is 0 Å². The van der Waals surface area contributed by atoms with E-state index in [1.807, 2.05) is 0 Å². The molecule has 2 N–H and O–H groups in total. The van der Waals surface area contributed by atoms with Gasteiger partial charge in [-0.05, 0) is 18.2 Å². The molecule has 1 aromatic rings. The normalized spacial score (nSPS) is 12.8. The zero-order valence-electron chi connectivity index (χ0n) is 11.2. The van der Waals surface area contributed by atoms with Gasteiger partial charge < -0.3 is 10.2 Å². The van der Waals surface area contributed by atoms with Crippen molar-refractivity contribution in [2.45, 2.75) is 9.79 Å². The Hall–Kier alpha value is -0.710. The van der Waals surface area contributed by atoms with Crippen LogP contribution < -0.4 is 0 Å². The minimum atomic E-state index is -4.12. The second kappa shape index (κ2) is 7.03. The Balaban J connectivity index is 3.42. The summed E-state index contributed by atoms with van der Waals surface area (Å²) < 4.78 is 48.7. The smallest absolute Gasteiger partial charge is 0.244 e. The van der Waals surface area contributed by atoms with Crippen molar-refractivity contribution in [2.24, 2.45) is 0 Å². The fourth-order valence-electron chi connectivity index (χ4n) is 1.63. The van der Waals surface area contributed by atoms with E-state index in [2.05, 4.69) is 0 Å². The molecule has 10 heteroatoms. The molecule has 0 aliphatic rings. The molecule has 0 radical (unpaired) electrons. The second-order valence-electron chi connectivity index (χ2n) is 4.22. The number of halogens is 1. The number of hydrogen-bond donors (Lipinski definition) is 2. The van der Waals surface area contributed by atoms with Crippen LogP contribution in [0.5, 0.6) is 0 Å². The van der Waals surface area contributed by atoms with E-state index in [4.69, 9.17) is 21.8 Å². The van der Waals surface area contributed by atoms with Crippen molar-refractivity contribution in [2.75, 3.05) is 32.6 Å². The summed E-state index contributed by atoms with van der Waals surface area (Å²) in [5.74, 6) is 0. The first-order valence-corrected chi connectivity index (χ1v) is 9.57. The molecule has 0 atom stereocenters. The second-order valence-corrected chi connectivity index (χ2v) is 8.54. The van der Waals surface area contributed by atoms with Gasteiger partial charge in [-0.15, -0.1) is 0 Å². The van der Waals surface area contributed by atoms with E-state index in [-0.39, 0.29) is 27.9 Å². The summed E-state index contributed by atoms with van der Waals surface area (Å²) in [4.78, 5) is -0.563. The van der Waals surface area contributed by atoms with Crippen LogP contribution in [0.15, 0.2) is 28.0 Å². The maximum atomic E-state index is 12.4. The van der Waals surface area contributed by atoms with Gasteiger partial charge in [-0.2, -0.15) is 4.31 Å². The van der Waals surface area contributed by atoms with Gasteiger partial charge in [-0.25, -0.2) is 16.8 Å². The van der Waals surface area contributed by atoms with Crippen molar-refractivity contribution in [3.8, 4) is 0 Å². The third-order valence-electron chi connectivity index (χ3n) is 2.65. The summed E-state index contributed by atoms with van der Waals surface area (Å²) >= 11 is 5.85. The van der Waals surface area contributed by atoms with Crippen molar-refractivity contribution in [3.63, 3.8) is 0 Å². The summed E-state index contributed by atoms with van der Waals surface area (Å²) in [6.07, 6.45) is 0.950. The van der Waals surface area contributed by atoms with Crippen LogP contribution in [0.1, 0.15) is 0 Å². The van der Waals surface area contributed by atoms with E-state index in [1.54, 1.807) is 0 Å². The number of aliphatic hydroxyl groups excluding tert-OH is 2. The lowest BCUT2D eigenvalue weighted by atomic mass is 10.4. The van der Waals surface area contributed by atoms with Crippen molar-refractivity contribution in [1.82, 2.24) is 4.31 Å². The highest BCUT2D eigenvalue weighted by Gasteiger charge is 2.27. The summed E-state index contributed by atoms with van der Waals surface area (Å²) in [5, 5.41) is 17.7. The van der Waals surface area contributed by atoms with E-state index in [1.165, 1.54) is 12.1 Å². The van der Waals surface area contributed by atoms with Crippen LogP contribution in [-0.2, 0) is 19.9 Å².